The molecule has 0 aromatic heterocycles. The highest BCUT2D eigenvalue weighted by atomic mass is 16.1. The molecule has 1 aromatic carbocycles. The summed E-state index contributed by atoms with van der Waals surface area (Å²) in [4.78, 5) is 11.6. The van der Waals surface area contributed by atoms with Gasteiger partial charge in [-0.3, -0.25) is 4.79 Å². The molecule has 0 radical (unpaired) electrons. The zero-order chi connectivity index (χ0) is 12.8. The molecule has 1 aliphatic carbocycles. The van der Waals surface area contributed by atoms with E-state index in [4.69, 9.17) is 0 Å². The Labute approximate surface area is 109 Å². The van der Waals surface area contributed by atoms with E-state index in [0.29, 0.717) is 18.4 Å². The summed E-state index contributed by atoms with van der Waals surface area (Å²) in [6.07, 6.45) is 3.72. The molecule has 0 unspecified atom stereocenters. The number of carbonyl (C=O) groups is 1. The third-order valence-corrected chi connectivity index (χ3v) is 3.60. The fraction of sp³-hybridized carbons (Fsp3) is 0.533. The van der Waals surface area contributed by atoms with Crippen molar-refractivity contribution in [1.29, 1.82) is 0 Å². The first-order valence-corrected chi connectivity index (χ1v) is 6.78. The van der Waals surface area contributed by atoms with E-state index < -0.39 is 0 Å². The first kappa shape index (κ1) is 13.1. The molecule has 2 N–H and O–H groups in total. The van der Waals surface area contributed by atoms with Crippen LogP contribution in [0.2, 0.25) is 0 Å². The topological polar surface area (TPSA) is 41.1 Å². The lowest BCUT2D eigenvalue weighted by atomic mass is 9.76. The summed E-state index contributed by atoms with van der Waals surface area (Å²) in [5.74, 6) is 0.829. The van der Waals surface area contributed by atoms with Gasteiger partial charge in [-0.05, 0) is 44.3 Å². The van der Waals surface area contributed by atoms with Crippen LogP contribution in [0.15, 0.2) is 30.3 Å². The first-order valence-electron chi connectivity index (χ1n) is 6.78. The molecule has 1 aliphatic rings. The molecule has 1 saturated carbocycles. The second-order valence-corrected chi connectivity index (χ2v) is 5.05. The number of hydrogen-bond donors (Lipinski definition) is 2. The van der Waals surface area contributed by atoms with Gasteiger partial charge < -0.3 is 10.6 Å². The maximum absolute atomic E-state index is 11.6. The third kappa shape index (κ3) is 3.57. The van der Waals surface area contributed by atoms with Gasteiger partial charge in [-0.15, -0.1) is 0 Å². The Morgan fingerprint density at radius 1 is 1.28 bits per heavy atom. The number of rotatable bonds is 6. The van der Waals surface area contributed by atoms with Crippen molar-refractivity contribution >= 4 is 5.91 Å². The molecule has 0 aliphatic heterocycles. The molecule has 18 heavy (non-hydrogen) atoms. The number of benzene rings is 1. The van der Waals surface area contributed by atoms with Crippen LogP contribution in [0.3, 0.4) is 0 Å². The van der Waals surface area contributed by atoms with Gasteiger partial charge in [-0.25, -0.2) is 0 Å². The standard InChI is InChI=1S/C15H22N2O/c1-16-9-5-8-15(18)17-14-10-13(11-14)12-6-3-2-4-7-12/h2-4,6-7,13-14,16H,5,8-11H2,1H3,(H,17,18). The predicted molar refractivity (Wildman–Crippen MR) is 73.5 cm³/mol. The minimum Gasteiger partial charge on any atom is -0.353 e. The Morgan fingerprint density at radius 2 is 2.00 bits per heavy atom. The monoisotopic (exact) mass is 246 g/mol. The summed E-state index contributed by atoms with van der Waals surface area (Å²) in [6.45, 7) is 0.907. The molecule has 1 amide bonds. The van der Waals surface area contributed by atoms with Gasteiger partial charge in [-0.1, -0.05) is 30.3 Å². The molecule has 0 spiro atoms. The zero-order valence-electron chi connectivity index (χ0n) is 11.0. The van der Waals surface area contributed by atoms with Crippen molar-refractivity contribution < 1.29 is 4.79 Å². The van der Waals surface area contributed by atoms with Gasteiger partial charge in [0.15, 0.2) is 0 Å². The maximum Gasteiger partial charge on any atom is 0.220 e. The SMILES string of the molecule is CNCCCC(=O)NC1CC(c2ccccc2)C1. The molecule has 0 saturated heterocycles. The Bertz CT molecular complexity index is 371. The molecule has 98 valence electrons. The van der Waals surface area contributed by atoms with Crippen LogP contribution in [0.1, 0.15) is 37.2 Å². The highest BCUT2D eigenvalue weighted by molar-refractivity contribution is 5.76. The van der Waals surface area contributed by atoms with Crippen molar-refractivity contribution in [3.63, 3.8) is 0 Å². The van der Waals surface area contributed by atoms with Crippen LogP contribution in [0.4, 0.5) is 0 Å². The molecule has 1 fully saturated rings. The van der Waals surface area contributed by atoms with Crippen molar-refractivity contribution in [2.75, 3.05) is 13.6 Å². The van der Waals surface area contributed by atoms with Crippen LogP contribution in [0, 0.1) is 0 Å². The van der Waals surface area contributed by atoms with E-state index in [9.17, 15) is 4.79 Å². The minimum atomic E-state index is 0.196. The quantitative estimate of drug-likeness (QED) is 0.754. The maximum atomic E-state index is 11.6. The second-order valence-electron chi connectivity index (χ2n) is 5.05. The summed E-state index contributed by atoms with van der Waals surface area (Å²) in [5, 5.41) is 6.16. The van der Waals surface area contributed by atoms with E-state index >= 15 is 0 Å². The predicted octanol–water partition coefficient (Wildman–Crippen LogP) is 2.05. The fourth-order valence-electron chi connectivity index (χ4n) is 2.46. The molecule has 0 bridgehead atoms. The van der Waals surface area contributed by atoms with E-state index in [0.717, 1.165) is 25.8 Å². The third-order valence-electron chi connectivity index (χ3n) is 3.60. The van der Waals surface area contributed by atoms with Gasteiger partial charge in [0.25, 0.3) is 0 Å². The van der Waals surface area contributed by atoms with E-state index in [2.05, 4.69) is 34.9 Å². The summed E-state index contributed by atoms with van der Waals surface area (Å²) in [7, 11) is 1.91. The first-order chi connectivity index (χ1) is 8.79. The van der Waals surface area contributed by atoms with Crippen LogP contribution < -0.4 is 10.6 Å². The molecule has 3 nitrogen and oxygen atoms in total. The summed E-state index contributed by atoms with van der Waals surface area (Å²) in [6, 6.07) is 10.9. The van der Waals surface area contributed by atoms with Crippen LogP contribution in [-0.4, -0.2) is 25.5 Å². The Morgan fingerprint density at radius 3 is 2.67 bits per heavy atom. The van der Waals surface area contributed by atoms with Crippen LogP contribution in [-0.2, 0) is 4.79 Å². The van der Waals surface area contributed by atoms with E-state index in [-0.39, 0.29) is 5.91 Å². The largest absolute Gasteiger partial charge is 0.353 e. The number of nitrogens with one attached hydrogen (secondary N) is 2. The summed E-state index contributed by atoms with van der Waals surface area (Å²) < 4.78 is 0. The molecular weight excluding hydrogens is 224 g/mol. The summed E-state index contributed by atoms with van der Waals surface area (Å²) >= 11 is 0. The number of hydrogen-bond acceptors (Lipinski definition) is 2. The lowest BCUT2D eigenvalue weighted by molar-refractivity contribution is -0.122. The lowest BCUT2D eigenvalue weighted by Gasteiger charge is -2.36. The van der Waals surface area contributed by atoms with Crippen molar-refractivity contribution in [2.45, 2.75) is 37.6 Å². The fourth-order valence-corrected chi connectivity index (χ4v) is 2.46. The van der Waals surface area contributed by atoms with Crippen molar-refractivity contribution in [2.24, 2.45) is 0 Å². The normalized spacial score (nSPS) is 22.3. The van der Waals surface area contributed by atoms with E-state index in [1.165, 1.54) is 5.56 Å². The molecule has 0 heterocycles. The highest BCUT2D eigenvalue weighted by Crippen LogP contribution is 2.36. The molecule has 2 rings (SSSR count). The van der Waals surface area contributed by atoms with Crippen LogP contribution in [0.5, 0.6) is 0 Å². The number of carbonyl (C=O) groups excluding carboxylic acids is 1. The number of amides is 1. The van der Waals surface area contributed by atoms with Gasteiger partial charge in [0.2, 0.25) is 5.91 Å². The molecule has 0 atom stereocenters. The Kier molecular flexibility index (Phi) is 4.76. The average molecular weight is 246 g/mol. The highest BCUT2D eigenvalue weighted by Gasteiger charge is 2.30. The van der Waals surface area contributed by atoms with Gasteiger partial charge in [0.1, 0.15) is 0 Å². The van der Waals surface area contributed by atoms with Crippen molar-refractivity contribution in [3.05, 3.63) is 35.9 Å². The van der Waals surface area contributed by atoms with Gasteiger partial charge in [-0.2, -0.15) is 0 Å². The Balaban J connectivity index is 1.66. The van der Waals surface area contributed by atoms with E-state index in [1.54, 1.807) is 0 Å². The Hall–Kier alpha value is -1.35. The van der Waals surface area contributed by atoms with E-state index in [1.807, 2.05) is 13.1 Å². The zero-order valence-corrected chi connectivity index (χ0v) is 11.0. The lowest BCUT2D eigenvalue weighted by Crippen LogP contribution is -2.43. The van der Waals surface area contributed by atoms with Gasteiger partial charge in [0, 0.05) is 12.5 Å². The smallest absolute Gasteiger partial charge is 0.220 e. The minimum absolute atomic E-state index is 0.196. The summed E-state index contributed by atoms with van der Waals surface area (Å²) in [5.41, 5.74) is 1.40. The molecule has 3 heteroatoms. The average Bonchev–Trinajstić information content (AvgIpc) is 2.35. The van der Waals surface area contributed by atoms with Gasteiger partial charge in [0.05, 0.1) is 0 Å². The molecule has 1 aromatic rings. The van der Waals surface area contributed by atoms with Crippen molar-refractivity contribution in [3.8, 4) is 0 Å². The van der Waals surface area contributed by atoms with Gasteiger partial charge >= 0.3 is 0 Å². The van der Waals surface area contributed by atoms with Crippen LogP contribution >= 0.6 is 0 Å². The molecular formula is C15H22N2O. The van der Waals surface area contributed by atoms with Crippen LogP contribution in [0.25, 0.3) is 0 Å². The van der Waals surface area contributed by atoms with Crippen molar-refractivity contribution in [1.82, 2.24) is 10.6 Å². The second kappa shape index (κ2) is 6.55.